The second-order valence-corrected chi connectivity index (χ2v) is 10.8. The van der Waals surface area contributed by atoms with E-state index in [9.17, 15) is 15.0 Å². The van der Waals surface area contributed by atoms with Crippen molar-refractivity contribution < 1.29 is 19.7 Å². The number of nitrogens with zero attached hydrogens (tertiary/aromatic N) is 3. The molecule has 7 nitrogen and oxygen atoms in total. The third kappa shape index (κ3) is 6.50. The van der Waals surface area contributed by atoms with Crippen LogP contribution in [0.25, 0.3) is 0 Å². The number of benzene rings is 3. The summed E-state index contributed by atoms with van der Waals surface area (Å²) < 4.78 is 5.84. The summed E-state index contributed by atoms with van der Waals surface area (Å²) in [4.78, 5) is 20.2. The van der Waals surface area contributed by atoms with E-state index < -0.39 is 6.10 Å². The van der Waals surface area contributed by atoms with Crippen LogP contribution >= 0.6 is 11.8 Å². The summed E-state index contributed by atoms with van der Waals surface area (Å²) in [5, 5.41) is 20.8. The molecule has 0 spiro atoms. The van der Waals surface area contributed by atoms with Crippen LogP contribution in [0.1, 0.15) is 18.4 Å². The molecule has 3 aromatic rings. The highest BCUT2D eigenvalue weighted by molar-refractivity contribution is 7.99. The van der Waals surface area contributed by atoms with Crippen LogP contribution in [-0.4, -0.2) is 78.0 Å². The molecule has 1 atom stereocenters. The number of hydrogen-bond donors (Lipinski definition) is 2. The number of carbonyl (C=O) groups excluding carboxylic acids is 1. The fourth-order valence-electron chi connectivity index (χ4n) is 5.08. The van der Waals surface area contributed by atoms with Gasteiger partial charge in [0.1, 0.15) is 12.4 Å². The Kier molecular flexibility index (Phi) is 8.86. The SMILES string of the molecule is O=C1CCCN1CCOc1ccc(CN(CCO)C[C@H](O)CN2c3ccccc3Sc3ccccc32)cc1. The molecule has 0 aromatic heterocycles. The molecule has 3 aromatic carbocycles. The normalized spacial score (nSPS) is 15.5. The minimum absolute atomic E-state index is 0.0230. The van der Waals surface area contributed by atoms with Crippen LogP contribution in [0.4, 0.5) is 11.4 Å². The maximum absolute atomic E-state index is 11.7. The summed E-state index contributed by atoms with van der Waals surface area (Å²) in [6, 6.07) is 24.5. The van der Waals surface area contributed by atoms with Gasteiger partial charge in [-0.05, 0) is 48.4 Å². The average Bonchev–Trinajstić information content (AvgIpc) is 3.34. The quantitative estimate of drug-likeness (QED) is 0.362. The molecular formula is C30H35N3O4S. The van der Waals surface area contributed by atoms with Crippen molar-refractivity contribution in [2.24, 2.45) is 0 Å². The predicted molar refractivity (Wildman–Crippen MR) is 150 cm³/mol. The zero-order valence-corrected chi connectivity index (χ0v) is 22.4. The van der Waals surface area contributed by atoms with Gasteiger partial charge in [0.15, 0.2) is 0 Å². The lowest BCUT2D eigenvalue weighted by Crippen LogP contribution is -2.40. The number of amides is 1. The fraction of sp³-hybridized carbons (Fsp3) is 0.367. The van der Waals surface area contributed by atoms with E-state index in [1.165, 1.54) is 9.79 Å². The van der Waals surface area contributed by atoms with Crippen LogP contribution in [-0.2, 0) is 11.3 Å². The Morgan fingerprint density at radius 1 is 0.974 bits per heavy atom. The van der Waals surface area contributed by atoms with E-state index in [0.29, 0.717) is 45.8 Å². The minimum Gasteiger partial charge on any atom is -0.492 e. The third-order valence-corrected chi connectivity index (χ3v) is 8.07. The standard InChI is InChI=1S/C30H35N3O4S/c34-18-16-31(20-23-11-13-25(14-12-23)37-19-17-32-15-5-10-30(32)36)21-24(35)22-33-26-6-1-3-8-28(26)38-29-9-4-2-7-27(29)33/h1-4,6-9,11-14,24,34-35H,5,10,15-22H2/t24-/m0/s1. The zero-order valence-electron chi connectivity index (χ0n) is 21.5. The molecule has 2 heterocycles. The van der Waals surface area contributed by atoms with Crippen molar-refractivity contribution >= 4 is 29.0 Å². The first-order valence-corrected chi connectivity index (χ1v) is 14.1. The summed E-state index contributed by atoms with van der Waals surface area (Å²) in [7, 11) is 0. The Bertz CT molecular complexity index is 1180. The van der Waals surface area contributed by atoms with Gasteiger partial charge in [-0.1, -0.05) is 48.2 Å². The lowest BCUT2D eigenvalue weighted by molar-refractivity contribution is -0.128. The maximum Gasteiger partial charge on any atom is 0.222 e. The van der Waals surface area contributed by atoms with E-state index in [1.54, 1.807) is 11.8 Å². The van der Waals surface area contributed by atoms with Crippen molar-refractivity contribution in [3.8, 4) is 5.75 Å². The third-order valence-electron chi connectivity index (χ3n) is 6.94. The van der Waals surface area contributed by atoms with Crippen LogP contribution in [0, 0.1) is 0 Å². The zero-order chi connectivity index (χ0) is 26.3. The van der Waals surface area contributed by atoms with Gasteiger partial charge in [-0.15, -0.1) is 0 Å². The van der Waals surface area contributed by atoms with E-state index in [2.05, 4.69) is 34.1 Å². The Morgan fingerprint density at radius 3 is 2.29 bits per heavy atom. The van der Waals surface area contributed by atoms with Gasteiger partial charge in [0, 0.05) is 42.4 Å². The van der Waals surface area contributed by atoms with Gasteiger partial charge in [-0.25, -0.2) is 0 Å². The molecule has 0 radical (unpaired) electrons. The molecule has 2 aliphatic heterocycles. The molecule has 0 bridgehead atoms. The molecule has 2 N–H and O–H groups in total. The van der Waals surface area contributed by atoms with Gasteiger partial charge in [-0.3, -0.25) is 9.69 Å². The summed E-state index contributed by atoms with van der Waals surface area (Å²) in [6.07, 6.45) is 0.969. The van der Waals surface area contributed by atoms with Crippen LogP contribution < -0.4 is 9.64 Å². The average molecular weight is 534 g/mol. The molecule has 0 saturated carbocycles. The number of fused-ring (bicyclic) bond motifs is 2. The van der Waals surface area contributed by atoms with Crippen molar-refractivity contribution in [3.63, 3.8) is 0 Å². The van der Waals surface area contributed by atoms with E-state index in [0.717, 1.165) is 35.7 Å². The molecule has 1 fully saturated rings. The van der Waals surface area contributed by atoms with Crippen LogP contribution in [0.15, 0.2) is 82.6 Å². The topological polar surface area (TPSA) is 76.5 Å². The van der Waals surface area contributed by atoms with Crippen molar-refractivity contribution in [1.29, 1.82) is 0 Å². The Morgan fingerprint density at radius 2 is 1.66 bits per heavy atom. The van der Waals surface area contributed by atoms with Crippen molar-refractivity contribution in [2.45, 2.75) is 35.3 Å². The first-order chi connectivity index (χ1) is 18.6. The van der Waals surface area contributed by atoms with Crippen molar-refractivity contribution in [2.75, 3.05) is 50.8 Å². The number of hydrogen-bond acceptors (Lipinski definition) is 7. The summed E-state index contributed by atoms with van der Waals surface area (Å²) in [5.74, 6) is 0.983. The van der Waals surface area contributed by atoms with E-state index in [4.69, 9.17) is 4.74 Å². The molecule has 0 aliphatic carbocycles. The minimum atomic E-state index is -0.610. The second-order valence-electron chi connectivity index (χ2n) is 9.74. The molecule has 8 heteroatoms. The molecule has 38 heavy (non-hydrogen) atoms. The highest BCUT2D eigenvalue weighted by Crippen LogP contribution is 2.47. The number of carbonyl (C=O) groups is 1. The molecule has 1 saturated heterocycles. The number of para-hydroxylation sites is 2. The summed E-state index contributed by atoms with van der Waals surface area (Å²) >= 11 is 1.76. The highest BCUT2D eigenvalue weighted by Gasteiger charge is 2.25. The Hall–Kier alpha value is -3.04. The number of aliphatic hydroxyl groups excluding tert-OH is 2. The first kappa shape index (κ1) is 26.6. The lowest BCUT2D eigenvalue weighted by Gasteiger charge is -2.35. The molecule has 200 valence electrons. The monoisotopic (exact) mass is 533 g/mol. The Balaban J connectivity index is 1.18. The van der Waals surface area contributed by atoms with Crippen LogP contribution in [0.5, 0.6) is 5.75 Å². The number of ether oxygens (including phenoxy) is 1. The summed E-state index contributed by atoms with van der Waals surface area (Å²) in [5.41, 5.74) is 3.29. The Labute approximate surface area is 228 Å². The van der Waals surface area contributed by atoms with E-state index >= 15 is 0 Å². The largest absolute Gasteiger partial charge is 0.492 e. The number of rotatable bonds is 12. The molecule has 1 amide bonds. The predicted octanol–water partition coefficient (Wildman–Crippen LogP) is 4.15. The van der Waals surface area contributed by atoms with Gasteiger partial charge in [-0.2, -0.15) is 0 Å². The van der Waals surface area contributed by atoms with Crippen molar-refractivity contribution in [3.05, 3.63) is 78.4 Å². The van der Waals surface area contributed by atoms with Crippen LogP contribution in [0.2, 0.25) is 0 Å². The van der Waals surface area contributed by atoms with E-state index in [1.807, 2.05) is 53.4 Å². The van der Waals surface area contributed by atoms with Gasteiger partial charge in [0.05, 0.1) is 37.2 Å². The number of likely N-dealkylation sites (tertiary alicyclic amines) is 1. The first-order valence-electron chi connectivity index (χ1n) is 13.2. The molecular weight excluding hydrogens is 498 g/mol. The summed E-state index contributed by atoms with van der Waals surface area (Å²) in [6.45, 7) is 3.94. The number of β-amino-alcohol motifs (C(OH)–C–C–N with tert-alkyl or cyclic N) is 1. The fourth-order valence-corrected chi connectivity index (χ4v) is 6.18. The van der Waals surface area contributed by atoms with Gasteiger partial charge in [0.2, 0.25) is 5.91 Å². The highest BCUT2D eigenvalue weighted by atomic mass is 32.2. The number of aliphatic hydroxyl groups is 2. The van der Waals surface area contributed by atoms with Gasteiger partial charge in [0.25, 0.3) is 0 Å². The smallest absolute Gasteiger partial charge is 0.222 e. The number of anilines is 2. The van der Waals surface area contributed by atoms with E-state index in [-0.39, 0.29) is 12.5 Å². The maximum atomic E-state index is 11.7. The molecule has 0 unspecified atom stereocenters. The van der Waals surface area contributed by atoms with Crippen LogP contribution in [0.3, 0.4) is 0 Å². The van der Waals surface area contributed by atoms with Crippen molar-refractivity contribution in [1.82, 2.24) is 9.80 Å². The molecule has 5 rings (SSSR count). The molecule has 2 aliphatic rings. The lowest BCUT2D eigenvalue weighted by atomic mass is 10.1. The van der Waals surface area contributed by atoms with Gasteiger partial charge >= 0.3 is 0 Å². The van der Waals surface area contributed by atoms with Gasteiger partial charge < -0.3 is 24.7 Å². The second kappa shape index (κ2) is 12.7.